The SMILES string of the molecule is C=Cc1c(/C=C(\C)c2cccc3ccccc23)oc2c1ccc1c3ccc(-c4cccc5ccccc45)cc3oc12. The summed E-state index contributed by atoms with van der Waals surface area (Å²) in [4.78, 5) is 0. The summed E-state index contributed by atoms with van der Waals surface area (Å²) >= 11 is 0. The van der Waals surface area contributed by atoms with Crippen LogP contribution in [-0.2, 0) is 0 Å². The van der Waals surface area contributed by atoms with Gasteiger partial charge in [0.2, 0.25) is 0 Å². The molecule has 0 unspecified atom stereocenters. The molecule has 8 rings (SSSR count). The van der Waals surface area contributed by atoms with E-state index >= 15 is 0 Å². The Morgan fingerprint density at radius 1 is 0.610 bits per heavy atom. The topological polar surface area (TPSA) is 26.3 Å². The van der Waals surface area contributed by atoms with Crippen molar-refractivity contribution < 1.29 is 8.83 Å². The van der Waals surface area contributed by atoms with Crippen LogP contribution in [0.1, 0.15) is 23.8 Å². The largest absolute Gasteiger partial charge is 0.452 e. The Balaban J connectivity index is 1.30. The average molecular weight is 527 g/mol. The highest BCUT2D eigenvalue weighted by atomic mass is 16.4. The fourth-order valence-electron chi connectivity index (χ4n) is 6.23. The lowest BCUT2D eigenvalue weighted by Gasteiger charge is -2.07. The normalized spacial score (nSPS) is 12.3. The van der Waals surface area contributed by atoms with E-state index in [0.29, 0.717) is 0 Å². The highest BCUT2D eigenvalue weighted by Crippen LogP contribution is 2.40. The first-order valence-corrected chi connectivity index (χ1v) is 13.9. The van der Waals surface area contributed by atoms with Crippen molar-refractivity contribution in [3.8, 4) is 11.1 Å². The van der Waals surface area contributed by atoms with E-state index in [-0.39, 0.29) is 0 Å². The van der Waals surface area contributed by atoms with Gasteiger partial charge in [-0.1, -0.05) is 104 Å². The van der Waals surface area contributed by atoms with Crippen molar-refractivity contribution in [2.45, 2.75) is 6.92 Å². The summed E-state index contributed by atoms with van der Waals surface area (Å²) < 4.78 is 13.1. The van der Waals surface area contributed by atoms with Crippen molar-refractivity contribution in [2.75, 3.05) is 0 Å². The van der Waals surface area contributed by atoms with E-state index in [1.165, 1.54) is 32.7 Å². The van der Waals surface area contributed by atoms with Gasteiger partial charge in [0.1, 0.15) is 11.3 Å². The van der Waals surface area contributed by atoms with Crippen LogP contribution >= 0.6 is 0 Å². The molecule has 0 saturated heterocycles. The zero-order valence-corrected chi connectivity index (χ0v) is 22.6. The summed E-state index contributed by atoms with van der Waals surface area (Å²) in [5.41, 5.74) is 7.97. The summed E-state index contributed by atoms with van der Waals surface area (Å²) in [6.45, 7) is 6.25. The number of hydrogen-bond acceptors (Lipinski definition) is 2. The van der Waals surface area contributed by atoms with E-state index in [1.807, 2.05) is 6.08 Å². The smallest absolute Gasteiger partial charge is 0.178 e. The number of benzene rings is 6. The number of furan rings is 2. The van der Waals surface area contributed by atoms with Gasteiger partial charge in [0.25, 0.3) is 0 Å². The van der Waals surface area contributed by atoms with Crippen LogP contribution in [0.25, 0.3) is 83.3 Å². The molecule has 0 atom stereocenters. The van der Waals surface area contributed by atoms with Crippen molar-refractivity contribution in [3.05, 3.63) is 139 Å². The lowest BCUT2D eigenvalue weighted by atomic mass is 9.97. The summed E-state index contributed by atoms with van der Waals surface area (Å²) in [7, 11) is 0. The maximum atomic E-state index is 6.57. The Morgan fingerprint density at radius 2 is 1.27 bits per heavy atom. The van der Waals surface area contributed by atoms with Gasteiger partial charge in [0, 0.05) is 21.7 Å². The highest BCUT2D eigenvalue weighted by Gasteiger charge is 2.18. The minimum atomic E-state index is 0.747. The van der Waals surface area contributed by atoms with Crippen molar-refractivity contribution in [1.29, 1.82) is 0 Å². The van der Waals surface area contributed by atoms with Gasteiger partial charge in [0.05, 0.1) is 0 Å². The Bertz CT molecular complexity index is 2330. The molecule has 0 aliphatic carbocycles. The molecule has 0 aliphatic heterocycles. The molecule has 0 fully saturated rings. The third-order valence-electron chi connectivity index (χ3n) is 8.23. The van der Waals surface area contributed by atoms with Crippen LogP contribution in [-0.4, -0.2) is 0 Å². The van der Waals surface area contributed by atoms with E-state index in [4.69, 9.17) is 8.83 Å². The fourth-order valence-corrected chi connectivity index (χ4v) is 6.23. The number of fused-ring (bicyclic) bond motifs is 7. The van der Waals surface area contributed by atoms with Crippen LogP contribution in [0.4, 0.5) is 0 Å². The third-order valence-corrected chi connectivity index (χ3v) is 8.23. The number of hydrogen-bond donors (Lipinski definition) is 0. The molecule has 2 aromatic heterocycles. The predicted molar refractivity (Wildman–Crippen MR) is 174 cm³/mol. The van der Waals surface area contributed by atoms with Crippen molar-refractivity contribution in [3.63, 3.8) is 0 Å². The quantitative estimate of drug-likeness (QED) is 0.228. The van der Waals surface area contributed by atoms with Crippen LogP contribution < -0.4 is 0 Å². The highest BCUT2D eigenvalue weighted by molar-refractivity contribution is 6.16. The molecule has 0 aliphatic rings. The van der Waals surface area contributed by atoms with E-state index in [2.05, 4.69) is 135 Å². The molecule has 0 bridgehead atoms. The Morgan fingerprint density at radius 3 is 2.10 bits per heavy atom. The van der Waals surface area contributed by atoms with E-state index < -0.39 is 0 Å². The fraction of sp³-hybridized carbons (Fsp3) is 0.0256. The first kappa shape index (κ1) is 23.5. The number of allylic oxidation sites excluding steroid dienone is 1. The summed E-state index contributed by atoms with van der Waals surface area (Å²) in [5, 5.41) is 8.02. The van der Waals surface area contributed by atoms with Gasteiger partial charge in [0.15, 0.2) is 11.2 Å². The maximum absolute atomic E-state index is 6.57. The summed E-state index contributed by atoms with van der Waals surface area (Å²) in [5.74, 6) is 0.782. The summed E-state index contributed by atoms with van der Waals surface area (Å²) in [6.07, 6.45) is 3.99. The predicted octanol–water partition coefficient (Wildman–Crippen LogP) is 11.5. The molecule has 2 heterocycles. The zero-order chi connectivity index (χ0) is 27.5. The third kappa shape index (κ3) is 3.65. The molecule has 0 N–H and O–H groups in total. The molecule has 6 aromatic carbocycles. The standard InChI is InChI=1S/C39H26O2/c1-3-28-34-20-21-35-33-19-18-27(32-17-9-13-26-11-5-7-15-31(26)32)23-37(33)41-39(35)38(34)40-36(28)22-24(2)29-16-8-12-25-10-4-6-14-30(25)29/h3-23H,1H2,2H3/b24-22+. The first-order chi connectivity index (χ1) is 20.2. The lowest BCUT2D eigenvalue weighted by molar-refractivity contribution is 0.590. The Kier molecular flexibility index (Phi) is 5.23. The molecular weight excluding hydrogens is 500 g/mol. The molecule has 2 heteroatoms. The molecule has 194 valence electrons. The summed E-state index contributed by atoms with van der Waals surface area (Å²) in [6, 6.07) is 40.5. The van der Waals surface area contributed by atoms with E-state index in [1.54, 1.807) is 0 Å². The molecular formula is C39H26O2. The van der Waals surface area contributed by atoms with Gasteiger partial charge < -0.3 is 8.83 Å². The second kappa shape index (κ2) is 9.11. The maximum Gasteiger partial charge on any atom is 0.178 e. The van der Waals surface area contributed by atoms with Crippen LogP contribution in [0.15, 0.2) is 131 Å². The monoisotopic (exact) mass is 526 g/mol. The van der Waals surface area contributed by atoms with Crippen LogP contribution in [0, 0.1) is 0 Å². The minimum Gasteiger partial charge on any atom is -0.452 e. The van der Waals surface area contributed by atoms with Crippen LogP contribution in [0.5, 0.6) is 0 Å². The van der Waals surface area contributed by atoms with E-state index in [0.717, 1.165) is 55.4 Å². The van der Waals surface area contributed by atoms with E-state index in [9.17, 15) is 0 Å². The average Bonchev–Trinajstić information content (AvgIpc) is 3.57. The van der Waals surface area contributed by atoms with Crippen molar-refractivity contribution >= 4 is 72.2 Å². The molecule has 0 radical (unpaired) electrons. The van der Waals surface area contributed by atoms with Crippen LogP contribution in [0.3, 0.4) is 0 Å². The van der Waals surface area contributed by atoms with Gasteiger partial charge in [-0.2, -0.15) is 0 Å². The molecule has 2 nitrogen and oxygen atoms in total. The Labute approximate surface area is 237 Å². The van der Waals surface area contributed by atoms with Crippen LogP contribution in [0.2, 0.25) is 0 Å². The van der Waals surface area contributed by atoms with Gasteiger partial charge in [-0.15, -0.1) is 0 Å². The van der Waals surface area contributed by atoms with Gasteiger partial charge in [-0.3, -0.25) is 0 Å². The lowest BCUT2D eigenvalue weighted by Crippen LogP contribution is -1.84. The Hall–Kier alpha value is -5.34. The first-order valence-electron chi connectivity index (χ1n) is 13.9. The van der Waals surface area contributed by atoms with Crippen molar-refractivity contribution in [2.24, 2.45) is 0 Å². The zero-order valence-electron chi connectivity index (χ0n) is 22.6. The second-order valence-corrected chi connectivity index (χ2v) is 10.6. The molecule has 0 spiro atoms. The molecule has 0 amide bonds. The van der Waals surface area contributed by atoms with Gasteiger partial charge in [-0.05, 0) is 81.1 Å². The van der Waals surface area contributed by atoms with Crippen molar-refractivity contribution in [1.82, 2.24) is 0 Å². The number of rotatable bonds is 4. The minimum absolute atomic E-state index is 0.747. The molecule has 8 aromatic rings. The second-order valence-electron chi connectivity index (χ2n) is 10.6. The molecule has 0 saturated carbocycles. The van der Waals surface area contributed by atoms with Gasteiger partial charge >= 0.3 is 0 Å². The van der Waals surface area contributed by atoms with Gasteiger partial charge in [-0.25, -0.2) is 0 Å². The molecule has 41 heavy (non-hydrogen) atoms.